The maximum Gasteiger partial charge on any atom is 0.307 e. The number of aromatic nitrogens is 2. The molecule has 25 heavy (non-hydrogen) atoms. The number of rotatable bonds is 8. The van der Waals surface area contributed by atoms with Gasteiger partial charge in [0, 0.05) is 18.2 Å². The highest BCUT2D eigenvalue weighted by Crippen LogP contribution is 2.25. The SMILES string of the molecule is COC(=O)CC(CC(=O)O)N(C=O)c1cccc(-c2noc(C)n2)c1. The van der Waals surface area contributed by atoms with Gasteiger partial charge in [0.1, 0.15) is 0 Å². The maximum absolute atomic E-state index is 11.6. The van der Waals surface area contributed by atoms with Crippen molar-refractivity contribution in [2.75, 3.05) is 12.0 Å². The van der Waals surface area contributed by atoms with E-state index in [0.717, 1.165) is 0 Å². The van der Waals surface area contributed by atoms with Crippen LogP contribution in [0, 0.1) is 6.92 Å². The van der Waals surface area contributed by atoms with E-state index in [1.54, 1.807) is 31.2 Å². The van der Waals surface area contributed by atoms with Gasteiger partial charge in [0.25, 0.3) is 0 Å². The predicted molar refractivity (Wildman–Crippen MR) is 85.7 cm³/mol. The van der Waals surface area contributed by atoms with Gasteiger partial charge in [-0.25, -0.2) is 0 Å². The number of anilines is 1. The zero-order chi connectivity index (χ0) is 18.4. The molecule has 0 aliphatic heterocycles. The number of aryl methyl sites for hydroxylation is 1. The van der Waals surface area contributed by atoms with Crippen LogP contribution in [-0.2, 0) is 19.1 Å². The summed E-state index contributed by atoms with van der Waals surface area (Å²) >= 11 is 0. The summed E-state index contributed by atoms with van der Waals surface area (Å²) in [6.07, 6.45) is -0.163. The van der Waals surface area contributed by atoms with Gasteiger partial charge >= 0.3 is 11.9 Å². The van der Waals surface area contributed by atoms with Crippen molar-refractivity contribution in [3.05, 3.63) is 30.2 Å². The Hall–Kier alpha value is -3.23. The second-order valence-corrected chi connectivity index (χ2v) is 5.23. The second kappa shape index (κ2) is 8.04. The monoisotopic (exact) mass is 347 g/mol. The number of carbonyl (C=O) groups excluding carboxylic acids is 2. The Morgan fingerprint density at radius 3 is 2.72 bits per heavy atom. The Morgan fingerprint density at radius 2 is 2.16 bits per heavy atom. The molecule has 0 radical (unpaired) electrons. The minimum absolute atomic E-state index is 0.243. The van der Waals surface area contributed by atoms with Gasteiger partial charge in [-0.3, -0.25) is 14.4 Å². The van der Waals surface area contributed by atoms with Gasteiger partial charge in [-0.05, 0) is 12.1 Å². The second-order valence-electron chi connectivity index (χ2n) is 5.23. The van der Waals surface area contributed by atoms with E-state index in [1.165, 1.54) is 12.0 Å². The lowest BCUT2D eigenvalue weighted by Crippen LogP contribution is -2.38. The van der Waals surface area contributed by atoms with Crippen LogP contribution in [0.4, 0.5) is 5.69 Å². The fourth-order valence-corrected chi connectivity index (χ4v) is 2.33. The first-order chi connectivity index (χ1) is 11.9. The Labute approximate surface area is 143 Å². The standard InChI is InChI=1S/C16H17N3O6/c1-10-17-16(18-25-10)11-4-3-5-12(6-11)19(9-20)13(7-14(21)22)8-15(23)24-2/h3-6,9,13H,7-8H2,1-2H3,(H,21,22). The topological polar surface area (TPSA) is 123 Å². The molecule has 0 aliphatic carbocycles. The molecule has 2 aromatic rings. The van der Waals surface area contributed by atoms with Crippen molar-refractivity contribution in [3.8, 4) is 11.4 Å². The van der Waals surface area contributed by atoms with Crippen LogP contribution in [0.25, 0.3) is 11.4 Å². The van der Waals surface area contributed by atoms with E-state index in [1.807, 2.05) is 0 Å². The third-order valence-corrected chi connectivity index (χ3v) is 3.48. The average molecular weight is 347 g/mol. The molecule has 1 amide bonds. The minimum atomic E-state index is -1.13. The van der Waals surface area contributed by atoms with Crippen molar-refractivity contribution in [3.63, 3.8) is 0 Å². The van der Waals surface area contributed by atoms with Crippen LogP contribution in [0.5, 0.6) is 0 Å². The van der Waals surface area contributed by atoms with Gasteiger partial charge in [0.05, 0.1) is 26.0 Å². The Morgan fingerprint density at radius 1 is 1.40 bits per heavy atom. The fourth-order valence-electron chi connectivity index (χ4n) is 2.33. The molecule has 132 valence electrons. The zero-order valence-corrected chi connectivity index (χ0v) is 13.7. The highest BCUT2D eigenvalue weighted by Gasteiger charge is 2.25. The molecule has 0 bridgehead atoms. The van der Waals surface area contributed by atoms with Gasteiger partial charge in [0.15, 0.2) is 0 Å². The normalized spacial score (nSPS) is 11.6. The number of nitrogens with zero attached hydrogens (tertiary/aromatic N) is 3. The molecule has 1 aromatic carbocycles. The number of benzene rings is 1. The number of hydrogen-bond donors (Lipinski definition) is 1. The number of methoxy groups -OCH3 is 1. The van der Waals surface area contributed by atoms with E-state index in [2.05, 4.69) is 14.9 Å². The molecule has 9 heteroatoms. The van der Waals surface area contributed by atoms with Crippen molar-refractivity contribution < 1.29 is 28.8 Å². The van der Waals surface area contributed by atoms with Crippen LogP contribution in [-0.4, -0.2) is 46.7 Å². The van der Waals surface area contributed by atoms with Gasteiger partial charge in [-0.1, -0.05) is 17.3 Å². The molecular formula is C16H17N3O6. The first kappa shape index (κ1) is 18.1. The fraction of sp³-hybridized carbons (Fsp3) is 0.312. The van der Waals surface area contributed by atoms with Gasteiger partial charge < -0.3 is 19.3 Å². The average Bonchev–Trinajstić information content (AvgIpc) is 3.01. The van der Waals surface area contributed by atoms with Crippen molar-refractivity contribution in [1.82, 2.24) is 10.1 Å². The number of ether oxygens (including phenoxy) is 1. The van der Waals surface area contributed by atoms with E-state index >= 15 is 0 Å². The van der Waals surface area contributed by atoms with Crippen LogP contribution in [0.15, 0.2) is 28.8 Å². The van der Waals surface area contributed by atoms with Crippen LogP contribution < -0.4 is 4.90 Å². The zero-order valence-electron chi connectivity index (χ0n) is 13.7. The Balaban J connectivity index is 2.35. The number of carbonyl (C=O) groups is 3. The van der Waals surface area contributed by atoms with Crippen LogP contribution in [0.2, 0.25) is 0 Å². The molecule has 0 saturated heterocycles. The molecule has 2 rings (SSSR count). The summed E-state index contributed by atoms with van der Waals surface area (Å²) in [4.78, 5) is 39.5. The van der Waals surface area contributed by atoms with Crippen molar-refractivity contribution in [2.45, 2.75) is 25.8 Å². The lowest BCUT2D eigenvalue weighted by molar-refractivity contribution is -0.141. The maximum atomic E-state index is 11.6. The molecule has 1 heterocycles. The summed E-state index contributed by atoms with van der Waals surface area (Å²) in [5.74, 6) is -1.01. The molecule has 9 nitrogen and oxygen atoms in total. The summed E-state index contributed by atoms with van der Waals surface area (Å²) in [6.45, 7) is 1.65. The third-order valence-electron chi connectivity index (χ3n) is 3.48. The van der Waals surface area contributed by atoms with Crippen molar-refractivity contribution in [1.29, 1.82) is 0 Å². The molecule has 0 spiro atoms. The molecule has 0 aliphatic rings. The Bertz CT molecular complexity index is 773. The molecule has 1 unspecified atom stereocenters. The summed E-state index contributed by atoms with van der Waals surface area (Å²) < 4.78 is 9.51. The quantitative estimate of drug-likeness (QED) is 0.562. The van der Waals surface area contributed by atoms with Crippen LogP contribution in [0.3, 0.4) is 0 Å². The summed E-state index contributed by atoms with van der Waals surface area (Å²) in [6, 6.07) is 5.75. The van der Waals surface area contributed by atoms with E-state index in [4.69, 9.17) is 9.63 Å². The van der Waals surface area contributed by atoms with Gasteiger partial charge in [-0.2, -0.15) is 4.98 Å². The number of esters is 1. The van der Waals surface area contributed by atoms with Crippen molar-refractivity contribution >= 4 is 24.0 Å². The summed E-state index contributed by atoms with van der Waals surface area (Å²) in [5, 5.41) is 12.9. The number of hydrogen-bond acceptors (Lipinski definition) is 7. The lowest BCUT2D eigenvalue weighted by Gasteiger charge is -2.26. The molecule has 0 fully saturated rings. The Kier molecular flexibility index (Phi) is 5.83. The summed E-state index contributed by atoms with van der Waals surface area (Å²) in [7, 11) is 1.20. The molecule has 1 atom stereocenters. The molecule has 1 aromatic heterocycles. The van der Waals surface area contributed by atoms with Gasteiger partial charge in [0.2, 0.25) is 18.1 Å². The number of carboxylic acid groups (broad SMARTS) is 1. The van der Waals surface area contributed by atoms with E-state index in [9.17, 15) is 14.4 Å². The van der Waals surface area contributed by atoms with Gasteiger partial charge in [-0.15, -0.1) is 0 Å². The third kappa shape index (κ3) is 4.63. The predicted octanol–water partition coefficient (Wildman–Crippen LogP) is 1.41. The van der Waals surface area contributed by atoms with Crippen molar-refractivity contribution in [2.24, 2.45) is 0 Å². The first-order valence-electron chi connectivity index (χ1n) is 7.37. The smallest absolute Gasteiger partial charge is 0.307 e. The number of aliphatic carboxylic acids is 1. The molecular weight excluding hydrogens is 330 g/mol. The van der Waals surface area contributed by atoms with E-state index in [-0.39, 0.29) is 6.42 Å². The lowest BCUT2D eigenvalue weighted by atomic mass is 10.1. The number of amides is 1. The highest BCUT2D eigenvalue weighted by molar-refractivity contribution is 5.82. The largest absolute Gasteiger partial charge is 0.481 e. The summed E-state index contributed by atoms with van der Waals surface area (Å²) in [5.41, 5.74) is 0.999. The molecule has 1 N–H and O–H groups in total. The molecule has 0 saturated carbocycles. The number of carboxylic acids is 1. The van der Waals surface area contributed by atoms with Crippen LogP contribution >= 0.6 is 0 Å². The first-order valence-corrected chi connectivity index (χ1v) is 7.37. The highest BCUT2D eigenvalue weighted by atomic mass is 16.5. The minimum Gasteiger partial charge on any atom is -0.481 e. The van der Waals surface area contributed by atoms with Crippen LogP contribution in [0.1, 0.15) is 18.7 Å². The van der Waals surface area contributed by atoms with E-state index < -0.39 is 24.4 Å². The van der Waals surface area contributed by atoms with E-state index in [0.29, 0.717) is 29.4 Å².